The van der Waals surface area contributed by atoms with Crippen molar-refractivity contribution in [3.8, 4) is 0 Å². The molecule has 0 spiro atoms. The minimum atomic E-state index is 0.121. The van der Waals surface area contributed by atoms with Crippen LogP contribution in [0.1, 0.15) is 36.1 Å². The van der Waals surface area contributed by atoms with Crippen LogP contribution < -0.4 is 5.73 Å². The SMILES string of the molecule is NC1CCCc2nc(Cc3ccccc3)cn21. The van der Waals surface area contributed by atoms with E-state index in [0.717, 1.165) is 37.2 Å². The topological polar surface area (TPSA) is 43.8 Å². The number of aromatic nitrogens is 2. The third-order valence-corrected chi connectivity index (χ3v) is 3.34. The Kier molecular flexibility index (Phi) is 2.69. The second-order valence-corrected chi connectivity index (χ2v) is 4.68. The summed E-state index contributed by atoms with van der Waals surface area (Å²) in [6.45, 7) is 0. The molecule has 3 rings (SSSR count). The van der Waals surface area contributed by atoms with Gasteiger partial charge in [0, 0.05) is 19.0 Å². The molecule has 2 heterocycles. The number of fused-ring (bicyclic) bond motifs is 1. The standard InChI is InChI=1S/C14H17N3/c15-13-7-4-8-14-16-12(10-17(13)14)9-11-5-2-1-3-6-11/h1-3,5-6,10,13H,4,7-9,15H2. The number of aryl methyl sites for hydroxylation is 1. The molecule has 0 fully saturated rings. The maximum Gasteiger partial charge on any atom is 0.110 e. The van der Waals surface area contributed by atoms with Gasteiger partial charge in [-0.2, -0.15) is 0 Å². The summed E-state index contributed by atoms with van der Waals surface area (Å²) in [6.07, 6.45) is 6.41. The molecular weight excluding hydrogens is 210 g/mol. The van der Waals surface area contributed by atoms with Gasteiger partial charge in [0.1, 0.15) is 5.82 Å². The molecule has 1 unspecified atom stereocenters. The number of nitrogens with two attached hydrogens (primary N) is 1. The zero-order chi connectivity index (χ0) is 11.7. The molecule has 1 atom stereocenters. The maximum atomic E-state index is 6.08. The molecule has 17 heavy (non-hydrogen) atoms. The normalized spacial score (nSPS) is 19.0. The van der Waals surface area contributed by atoms with E-state index in [1.807, 2.05) is 6.07 Å². The van der Waals surface area contributed by atoms with Crippen LogP contribution in [0.5, 0.6) is 0 Å². The third kappa shape index (κ3) is 2.11. The van der Waals surface area contributed by atoms with Crippen LogP contribution in [0.4, 0.5) is 0 Å². The molecular formula is C14H17N3. The Balaban J connectivity index is 1.85. The van der Waals surface area contributed by atoms with E-state index in [4.69, 9.17) is 5.73 Å². The highest BCUT2D eigenvalue weighted by molar-refractivity contribution is 5.21. The highest BCUT2D eigenvalue weighted by Gasteiger charge is 2.18. The van der Waals surface area contributed by atoms with Gasteiger partial charge in [0.2, 0.25) is 0 Å². The van der Waals surface area contributed by atoms with E-state index in [9.17, 15) is 0 Å². The highest BCUT2D eigenvalue weighted by atomic mass is 15.2. The molecule has 2 aromatic rings. The molecule has 0 bridgehead atoms. The summed E-state index contributed by atoms with van der Waals surface area (Å²) in [5.41, 5.74) is 8.51. The van der Waals surface area contributed by atoms with Gasteiger partial charge in [-0.15, -0.1) is 0 Å². The van der Waals surface area contributed by atoms with Crippen molar-refractivity contribution in [3.63, 3.8) is 0 Å². The summed E-state index contributed by atoms with van der Waals surface area (Å²) in [5, 5.41) is 0. The first-order valence-corrected chi connectivity index (χ1v) is 6.19. The number of hydrogen-bond acceptors (Lipinski definition) is 2. The Morgan fingerprint density at radius 3 is 2.88 bits per heavy atom. The summed E-state index contributed by atoms with van der Waals surface area (Å²) in [4.78, 5) is 4.68. The summed E-state index contributed by atoms with van der Waals surface area (Å²) in [5.74, 6) is 1.15. The molecule has 1 aliphatic rings. The van der Waals surface area contributed by atoms with E-state index in [2.05, 4.69) is 40.0 Å². The minimum Gasteiger partial charge on any atom is -0.319 e. The van der Waals surface area contributed by atoms with Gasteiger partial charge in [-0.05, 0) is 18.4 Å². The lowest BCUT2D eigenvalue weighted by molar-refractivity contribution is 0.408. The van der Waals surface area contributed by atoms with Gasteiger partial charge in [0.25, 0.3) is 0 Å². The molecule has 1 aromatic carbocycles. The molecule has 0 saturated carbocycles. The van der Waals surface area contributed by atoms with Crippen LogP contribution in [-0.4, -0.2) is 9.55 Å². The fraction of sp³-hybridized carbons (Fsp3) is 0.357. The van der Waals surface area contributed by atoms with Crippen molar-refractivity contribution < 1.29 is 0 Å². The van der Waals surface area contributed by atoms with Crippen molar-refractivity contribution in [1.82, 2.24) is 9.55 Å². The number of nitrogens with zero attached hydrogens (tertiary/aromatic N) is 2. The molecule has 2 N–H and O–H groups in total. The van der Waals surface area contributed by atoms with Crippen molar-refractivity contribution in [2.45, 2.75) is 31.8 Å². The van der Waals surface area contributed by atoms with Gasteiger partial charge in [0.05, 0.1) is 11.9 Å². The van der Waals surface area contributed by atoms with E-state index in [1.165, 1.54) is 5.56 Å². The zero-order valence-corrected chi connectivity index (χ0v) is 9.84. The second-order valence-electron chi connectivity index (χ2n) is 4.68. The van der Waals surface area contributed by atoms with E-state index < -0.39 is 0 Å². The first-order chi connectivity index (χ1) is 8.33. The number of imidazole rings is 1. The lowest BCUT2D eigenvalue weighted by atomic mass is 10.1. The van der Waals surface area contributed by atoms with Crippen LogP contribution in [0.2, 0.25) is 0 Å². The Morgan fingerprint density at radius 2 is 2.12 bits per heavy atom. The van der Waals surface area contributed by atoms with Crippen molar-refractivity contribution in [2.24, 2.45) is 5.73 Å². The molecule has 0 amide bonds. The first kappa shape index (κ1) is 10.5. The van der Waals surface area contributed by atoms with Crippen LogP contribution in [0.15, 0.2) is 36.5 Å². The lowest BCUT2D eigenvalue weighted by Crippen LogP contribution is -2.24. The van der Waals surface area contributed by atoms with Gasteiger partial charge in [0.15, 0.2) is 0 Å². The summed E-state index contributed by atoms with van der Waals surface area (Å²) >= 11 is 0. The van der Waals surface area contributed by atoms with Gasteiger partial charge in [-0.1, -0.05) is 30.3 Å². The quantitative estimate of drug-likeness (QED) is 0.855. The summed E-state index contributed by atoms with van der Waals surface area (Å²) in [6, 6.07) is 10.4. The van der Waals surface area contributed by atoms with Crippen LogP contribution in [-0.2, 0) is 12.8 Å². The Hall–Kier alpha value is -1.61. The second kappa shape index (κ2) is 4.34. The fourth-order valence-electron chi connectivity index (χ4n) is 2.46. The van der Waals surface area contributed by atoms with Crippen LogP contribution in [0, 0.1) is 0 Å². The van der Waals surface area contributed by atoms with E-state index in [1.54, 1.807) is 0 Å². The van der Waals surface area contributed by atoms with E-state index in [-0.39, 0.29) is 6.17 Å². The average molecular weight is 227 g/mol. The number of benzene rings is 1. The molecule has 0 radical (unpaired) electrons. The largest absolute Gasteiger partial charge is 0.319 e. The van der Waals surface area contributed by atoms with Crippen LogP contribution in [0.25, 0.3) is 0 Å². The van der Waals surface area contributed by atoms with Crippen molar-refractivity contribution in [1.29, 1.82) is 0 Å². The van der Waals surface area contributed by atoms with Crippen molar-refractivity contribution >= 4 is 0 Å². The Morgan fingerprint density at radius 1 is 1.29 bits per heavy atom. The highest BCUT2D eigenvalue weighted by Crippen LogP contribution is 2.21. The molecule has 88 valence electrons. The Bertz CT molecular complexity index is 501. The molecule has 1 aliphatic heterocycles. The van der Waals surface area contributed by atoms with Crippen molar-refractivity contribution in [2.75, 3.05) is 0 Å². The summed E-state index contributed by atoms with van der Waals surface area (Å²) < 4.78 is 2.14. The average Bonchev–Trinajstić information content (AvgIpc) is 2.74. The third-order valence-electron chi connectivity index (χ3n) is 3.34. The molecule has 3 heteroatoms. The first-order valence-electron chi connectivity index (χ1n) is 6.19. The predicted molar refractivity (Wildman–Crippen MR) is 67.6 cm³/mol. The lowest BCUT2D eigenvalue weighted by Gasteiger charge is -2.20. The number of rotatable bonds is 2. The van der Waals surface area contributed by atoms with Crippen LogP contribution >= 0.6 is 0 Å². The molecule has 0 saturated heterocycles. The van der Waals surface area contributed by atoms with Crippen molar-refractivity contribution in [3.05, 3.63) is 53.6 Å². The van der Waals surface area contributed by atoms with Gasteiger partial charge < -0.3 is 10.3 Å². The predicted octanol–water partition coefficient (Wildman–Crippen LogP) is 2.27. The van der Waals surface area contributed by atoms with Gasteiger partial charge in [-0.25, -0.2) is 4.98 Å². The minimum absolute atomic E-state index is 0.121. The fourth-order valence-corrected chi connectivity index (χ4v) is 2.46. The van der Waals surface area contributed by atoms with E-state index in [0.29, 0.717) is 0 Å². The number of hydrogen-bond donors (Lipinski definition) is 1. The zero-order valence-electron chi connectivity index (χ0n) is 9.84. The van der Waals surface area contributed by atoms with Gasteiger partial charge in [-0.3, -0.25) is 0 Å². The smallest absolute Gasteiger partial charge is 0.110 e. The molecule has 3 nitrogen and oxygen atoms in total. The Labute approximate surface area is 101 Å². The van der Waals surface area contributed by atoms with Gasteiger partial charge >= 0.3 is 0 Å². The molecule has 1 aromatic heterocycles. The monoisotopic (exact) mass is 227 g/mol. The summed E-state index contributed by atoms with van der Waals surface area (Å²) in [7, 11) is 0. The molecule has 0 aliphatic carbocycles. The van der Waals surface area contributed by atoms with E-state index >= 15 is 0 Å². The maximum absolute atomic E-state index is 6.08. The van der Waals surface area contributed by atoms with Crippen LogP contribution in [0.3, 0.4) is 0 Å².